The summed E-state index contributed by atoms with van der Waals surface area (Å²) >= 11 is 0. The van der Waals surface area contributed by atoms with E-state index in [0.717, 1.165) is 0 Å². The van der Waals surface area contributed by atoms with Gasteiger partial charge in [-0.25, -0.2) is 0 Å². The molecule has 0 aromatic heterocycles. The van der Waals surface area contributed by atoms with Gasteiger partial charge in [-0.1, -0.05) is 0 Å². The Labute approximate surface area is 92.8 Å². The maximum absolute atomic E-state index is 11.9. The van der Waals surface area contributed by atoms with Gasteiger partial charge in [-0.15, -0.1) is 0 Å². The molecule has 0 rings (SSSR count). The van der Waals surface area contributed by atoms with Crippen LogP contribution in [0.25, 0.3) is 0 Å². The van der Waals surface area contributed by atoms with Crippen molar-refractivity contribution in [3.05, 3.63) is 0 Å². The highest BCUT2D eigenvalue weighted by Gasteiger charge is 2.29. The van der Waals surface area contributed by atoms with Crippen LogP contribution in [0.1, 0.15) is 26.7 Å². The first-order chi connectivity index (χ1) is 7.30. The summed E-state index contributed by atoms with van der Waals surface area (Å²) in [5, 5.41) is 8.55. The molecule has 0 aliphatic heterocycles. The van der Waals surface area contributed by atoms with Crippen molar-refractivity contribution in [3.63, 3.8) is 0 Å². The minimum Gasteiger partial charge on any atom is -0.342 e. The van der Waals surface area contributed by atoms with Crippen LogP contribution in [0.4, 0.5) is 13.2 Å². The molecule has 0 fully saturated rings. The first kappa shape index (κ1) is 14.8. The van der Waals surface area contributed by atoms with E-state index in [-0.39, 0.29) is 12.5 Å². The molecule has 0 aliphatic rings. The van der Waals surface area contributed by atoms with E-state index >= 15 is 0 Å². The highest BCUT2D eigenvalue weighted by molar-refractivity contribution is 5.76. The summed E-state index contributed by atoms with van der Waals surface area (Å²) in [6.45, 7) is 3.81. The molecule has 0 saturated heterocycles. The number of alkyl halides is 3. The fourth-order valence-corrected chi connectivity index (χ4v) is 1.19. The summed E-state index contributed by atoms with van der Waals surface area (Å²) in [5.74, 6) is -0.920. The average molecular weight is 236 g/mol. The molecule has 0 N–H and O–H groups in total. The maximum Gasteiger partial charge on any atom is 0.389 e. The zero-order chi connectivity index (χ0) is 12.8. The normalized spacial score (nSPS) is 13.0. The SMILES string of the molecule is CCN(CC(C)C#N)C(=O)CCC(F)(F)F. The van der Waals surface area contributed by atoms with Crippen LogP contribution in [0.15, 0.2) is 0 Å². The highest BCUT2D eigenvalue weighted by Crippen LogP contribution is 2.21. The van der Waals surface area contributed by atoms with Crippen molar-refractivity contribution in [1.29, 1.82) is 5.26 Å². The van der Waals surface area contributed by atoms with Gasteiger partial charge in [0, 0.05) is 19.5 Å². The van der Waals surface area contributed by atoms with E-state index in [1.165, 1.54) is 4.90 Å². The van der Waals surface area contributed by atoms with Crippen LogP contribution < -0.4 is 0 Å². The number of rotatable bonds is 5. The molecule has 6 heteroatoms. The third-order valence-corrected chi connectivity index (χ3v) is 2.07. The molecule has 3 nitrogen and oxygen atoms in total. The standard InChI is InChI=1S/C10H15F3N2O/c1-3-15(7-8(2)6-14)9(16)4-5-10(11,12)13/h8H,3-5,7H2,1-2H3. The fraction of sp³-hybridized carbons (Fsp3) is 0.800. The van der Waals surface area contributed by atoms with E-state index in [0.29, 0.717) is 6.54 Å². The number of amides is 1. The lowest BCUT2D eigenvalue weighted by Gasteiger charge is -2.22. The third-order valence-electron chi connectivity index (χ3n) is 2.07. The number of carbonyl (C=O) groups excluding carboxylic acids is 1. The van der Waals surface area contributed by atoms with Crippen molar-refractivity contribution in [3.8, 4) is 6.07 Å². The molecule has 0 aliphatic carbocycles. The van der Waals surface area contributed by atoms with E-state index in [1.807, 2.05) is 6.07 Å². The summed E-state index contributed by atoms with van der Waals surface area (Å²) in [4.78, 5) is 12.7. The van der Waals surface area contributed by atoms with Gasteiger partial charge < -0.3 is 4.90 Å². The Balaban J connectivity index is 4.17. The van der Waals surface area contributed by atoms with Crippen molar-refractivity contribution < 1.29 is 18.0 Å². The van der Waals surface area contributed by atoms with Gasteiger partial charge in [0.25, 0.3) is 0 Å². The summed E-state index contributed by atoms with van der Waals surface area (Å²) < 4.78 is 35.7. The molecule has 1 atom stereocenters. The largest absolute Gasteiger partial charge is 0.389 e. The minimum absolute atomic E-state index is 0.184. The van der Waals surface area contributed by atoms with Crippen LogP contribution in [-0.2, 0) is 4.79 Å². The zero-order valence-electron chi connectivity index (χ0n) is 9.34. The number of carbonyl (C=O) groups is 1. The Morgan fingerprint density at radius 1 is 1.50 bits per heavy atom. The Morgan fingerprint density at radius 2 is 2.06 bits per heavy atom. The van der Waals surface area contributed by atoms with Gasteiger partial charge in [0.1, 0.15) is 0 Å². The molecule has 92 valence electrons. The van der Waals surface area contributed by atoms with E-state index < -0.39 is 24.9 Å². The van der Waals surface area contributed by atoms with Gasteiger partial charge >= 0.3 is 6.18 Å². The van der Waals surface area contributed by atoms with Crippen LogP contribution in [0.3, 0.4) is 0 Å². The lowest BCUT2D eigenvalue weighted by atomic mass is 10.2. The number of hydrogen-bond acceptors (Lipinski definition) is 2. The topological polar surface area (TPSA) is 44.1 Å². The van der Waals surface area contributed by atoms with Crippen molar-refractivity contribution in [2.75, 3.05) is 13.1 Å². The van der Waals surface area contributed by atoms with Gasteiger partial charge in [-0.2, -0.15) is 18.4 Å². The lowest BCUT2D eigenvalue weighted by molar-refractivity contribution is -0.149. The molecule has 1 amide bonds. The number of nitrogens with zero attached hydrogens (tertiary/aromatic N) is 2. The lowest BCUT2D eigenvalue weighted by Crippen LogP contribution is -2.34. The Bertz CT molecular complexity index is 270. The van der Waals surface area contributed by atoms with Gasteiger partial charge in [0.2, 0.25) is 5.91 Å². The van der Waals surface area contributed by atoms with Gasteiger partial charge in [0.15, 0.2) is 0 Å². The quantitative estimate of drug-likeness (QED) is 0.735. The molecule has 0 aromatic rings. The fourth-order valence-electron chi connectivity index (χ4n) is 1.19. The first-order valence-electron chi connectivity index (χ1n) is 5.04. The van der Waals surface area contributed by atoms with E-state index in [2.05, 4.69) is 0 Å². The average Bonchev–Trinajstić information content (AvgIpc) is 2.21. The number of nitriles is 1. The zero-order valence-corrected chi connectivity index (χ0v) is 9.34. The van der Waals surface area contributed by atoms with Crippen molar-refractivity contribution in [1.82, 2.24) is 4.90 Å². The highest BCUT2D eigenvalue weighted by atomic mass is 19.4. The number of hydrogen-bond donors (Lipinski definition) is 0. The first-order valence-corrected chi connectivity index (χ1v) is 5.04. The van der Waals surface area contributed by atoms with Crippen LogP contribution >= 0.6 is 0 Å². The van der Waals surface area contributed by atoms with Gasteiger partial charge in [0.05, 0.1) is 18.4 Å². The van der Waals surface area contributed by atoms with E-state index in [1.54, 1.807) is 13.8 Å². The van der Waals surface area contributed by atoms with Crippen molar-refractivity contribution in [2.45, 2.75) is 32.9 Å². The molecule has 0 spiro atoms. The Hall–Kier alpha value is -1.25. The van der Waals surface area contributed by atoms with Crippen LogP contribution in [0.5, 0.6) is 0 Å². The van der Waals surface area contributed by atoms with E-state index in [9.17, 15) is 18.0 Å². The van der Waals surface area contributed by atoms with Gasteiger partial charge in [-0.05, 0) is 13.8 Å². The van der Waals surface area contributed by atoms with Crippen molar-refractivity contribution in [2.24, 2.45) is 5.92 Å². The molecular weight excluding hydrogens is 221 g/mol. The Morgan fingerprint density at radius 3 is 2.44 bits per heavy atom. The second-order valence-corrected chi connectivity index (χ2v) is 3.58. The molecule has 0 aromatic carbocycles. The summed E-state index contributed by atoms with van der Waals surface area (Å²) in [5.41, 5.74) is 0. The molecule has 1 unspecified atom stereocenters. The van der Waals surface area contributed by atoms with Crippen LogP contribution in [-0.4, -0.2) is 30.1 Å². The molecular formula is C10H15F3N2O. The smallest absolute Gasteiger partial charge is 0.342 e. The monoisotopic (exact) mass is 236 g/mol. The number of halogens is 3. The molecule has 0 bridgehead atoms. The molecule has 0 heterocycles. The van der Waals surface area contributed by atoms with E-state index in [4.69, 9.17) is 5.26 Å². The van der Waals surface area contributed by atoms with Crippen molar-refractivity contribution >= 4 is 5.91 Å². The third kappa shape index (κ3) is 6.27. The second-order valence-electron chi connectivity index (χ2n) is 3.58. The minimum atomic E-state index is -4.31. The second kappa shape index (κ2) is 6.36. The van der Waals surface area contributed by atoms with Gasteiger partial charge in [-0.3, -0.25) is 4.79 Å². The van der Waals surface area contributed by atoms with Crippen LogP contribution in [0.2, 0.25) is 0 Å². The molecule has 16 heavy (non-hydrogen) atoms. The van der Waals surface area contributed by atoms with Crippen LogP contribution in [0, 0.1) is 17.2 Å². The predicted octanol–water partition coefficient (Wildman–Crippen LogP) is 2.34. The Kier molecular flexibility index (Phi) is 5.86. The maximum atomic E-state index is 11.9. The predicted molar refractivity (Wildman–Crippen MR) is 52.3 cm³/mol. The summed E-state index contributed by atoms with van der Waals surface area (Å²) in [6.07, 6.45) is -5.96. The molecule has 0 radical (unpaired) electrons. The molecule has 0 saturated carbocycles. The summed E-state index contributed by atoms with van der Waals surface area (Å²) in [6, 6.07) is 1.94. The summed E-state index contributed by atoms with van der Waals surface area (Å²) in [7, 11) is 0.